The van der Waals surface area contributed by atoms with Gasteiger partial charge < -0.3 is 4.74 Å². The molecular formula is C22H23NO2S2. The van der Waals surface area contributed by atoms with E-state index in [0.717, 1.165) is 16.9 Å². The Hall–Kier alpha value is -2.11. The van der Waals surface area contributed by atoms with Crippen LogP contribution in [0.2, 0.25) is 0 Å². The monoisotopic (exact) mass is 397 g/mol. The Bertz CT molecular complexity index is 872. The number of hydrogen-bond acceptors (Lipinski definition) is 4. The lowest BCUT2D eigenvalue weighted by Gasteiger charge is -2.16. The van der Waals surface area contributed by atoms with Gasteiger partial charge in [0.05, 0.1) is 4.91 Å². The van der Waals surface area contributed by atoms with Crippen molar-refractivity contribution in [2.45, 2.75) is 27.4 Å². The molecular weight excluding hydrogens is 374 g/mol. The van der Waals surface area contributed by atoms with Gasteiger partial charge in [0.1, 0.15) is 16.7 Å². The first kappa shape index (κ1) is 19.6. The summed E-state index contributed by atoms with van der Waals surface area (Å²) >= 11 is 6.74. The van der Waals surface area contributed by atoms with Crippen molar-refractivity contribution < 1.29 is 9.53 Å². The summed E-state index contributed by atoms with van der Waals surface area (Å²) in [5.74, 6) is 1.11. The van der Waals surface area contributed by atoms with E-state index < -0.39 is 0 Å². The molecule has 1 fully saturated rings. The van der Waals surface area contributed by atoms with E-state index in [4.69, 9.17) is 17.0 Å². The Morgan fingerprint density at radius 1 is 1.15 bits per heavy atom. The lowest BCUT2D eigenvalue weighted by Crippen LogP contribution is -2.31. The van der Waals surface area contributed by atoms with Crippen LogP contribution in [-0.2, 0) is 11.4 Å². The third-order valence-corrected chi connectivity index (χ3v) is 5.52. The van der Waals surface area contributed by atoms with Crippen LogP contribution >= 0.6 is 24.0 Å². The number of carbonyl (C=O) groups is 1. The zero-order valence-corrected chi connectivity index (χ0v) is 17.4. The predicted octanol–water partition coefficient (Wildman–Crippen LogP) is 5.43. The van der Waals surface area contributed by atoms with Crippen LogP contribution in [0.5, 0.6) is 5.75 Å². The highest BCUT2D eigenvalue weighted by Gasteiger charge is 2.32. The molecule has 0 N–H and O–H groups in total. The van der Waals surface area contributed by atoms with Crippen molar-refractivity contribution in [3.05, 3.63) is 70.1 Å². The Kier molecular flexibility index (Phi) is 6.34. The minimum atomic E-state index is -0.0213. The van der Waals surface area contributed by atoms with E-state index in [9.17, 15) is 4.79 Å². The summed E-state index contributed by atoms with van der Waals surface area (Å²) < 4.78 is 6.64. The van der Waals surface area contributed by atoms with Gasteiger partial charge >= 0.3 is 0 Å². The van der Waals surface area contributed by atoms with Gasteiger partial charge in [-0.3, -0.25) is 9.69 Å². The molecule has 0 radical (unpaired) electrons. The molecule has 0 aliphatic carbocycles. The van der Waals surface area contributed by atoms with Crippen molar-refractivity contribution >= 4 is 40.3 Å². The van der Waals surface area contributed by atoms with Crippen LogP contribution in [0.4, 0.5) is 0 Å². The topological polar surface area (TPSA) is 29.5 Å². The molecule has 1 amide bonds. The number of carbonyl (C=O) groups excluding carboxylic acids is 1. The molecule has 3 rings (SSSR count). The number of ether oxygens (including phenoxy) is 1. The smallest absolute Gasteiger partial charge is 0.266 e. The van der Waals surface area contributed by atoms with Crippen molar-refractivity contribution in [2.75, 3.05) is 6.54 Å². The molecule has 0 bridgehead atoms. The van der Waals surface area contributed by atoms with Crippen LogP contribution in [0.25, 0.3) is 6.08 Å². The van der Waals surface area contributed by atoms with Crippen molar-refractivity contribution in [2.24, 2.45) is 5.92 Å². The van der Waals surface area contributed by atoms with Crippen molar-refractivity contribution in [3.8, 4) is 5.75 Å². The molecule has 3 nitrogen and oxygen atoms in total. The molecule has 140 valence electrons. The Morgan fingerprint density at radius 3 is 2.56 bits per heavy atom. The standard InChI is InChI=1S/C22H23NO2S2/c1-15(2)13-23-21(24)20(27-22(23)26)12-18-6-4-5-7-19(18)25-14-17-10-8-16(3)9-11-17/h4-12,15H,13-14H2,1-3H3/b20-12-. The summed E-state index contributed by atoms with van der Waals surface area (Å²) in [4.78, 5) is 15.0. The molecule has 1 saturated heterocycles. The molecule has 1 aliphatic rings. The average molecular weight is 398 g/mol. The molecule has 5 heteroatoms. The summed E-state index contributed by atoms with van der Waals surface area (Å²) in [5.41, 5.74) is 3.22. The number of benzene rings is 2. The van der Waals surface area contributed by atoms with Gasteiger partial charge in [-0.05, 0) is 30.5 Å². The Labute approximate surface area is 170 Å². The van der Waals surface area contributed by atoms with Gasteiger partial charge in [0.25, 0.3) is 5.91 Å². The van der Waals surface area contributed by atoms with Gasteiger partial charge in [0.15, 0.2) is 0 Å². The van der Waals surface area contributed by atoms with Crippen LogP contribution in [0, 0.1) is 12.8 Å². The van der Waals surface area contributed by atoms with Gasteiger partial charge in [0, 0.05) is 12.1 Å². The summed E-state index contributed by atoms with van der Waals surface area (Å²) in [6.45, 7) is 7.36. The normalized spacial score (nSPS) is 15.9. The van der Waals surface area contributed by atoms with E-state index >= 15 is 0 Å². The minimum absolute atomic E-state index is 0.0213. The van der Waals surface area contributed by atoms with Crippen LogP contribution in [-0.4, -0.2) is 21.7 Å². The summed E-state index contributed by atoms with van der Waals surface area (Å²) in [6.07, 6.45) is 1.88. The molecule has 27 heavy (non-hydrogen) atoms. The first-order valence-corrected chi connectivity index (χ1v) is 10.2. The number of thioether (sulfide) groups is 1. The van der Waals surface area contributed by atoms with Crippen LogP contribution in [0.3, 0.4) is 0 Å². The predicted molar refractivity (Wildman–Crippen MR) is 117 cm³/mol. The minimum Gasteiger partial charge on any atom is -0.488 e. The fraction of sp³-hybridized carbons (Fsp3) is 0.273. The maximum absolute atomic E-state index is 12.7. The molecule has 2 aromatic rings. The second-order valence-electron chi connectivity index (χ2n) is 7.00. The first-order chi connectivity index (χ1) is 12.9. The van der Waals surface area contributed by atoms with E-state index in [0.29, 0.717) is 28.3 Å². The van der Waals surface area contributed by atoms with E-state index in [1.807, 2.05) is 30.3 Å². The number of nitrogens with zero attached hydrogens (tertiary/aromatic N) is 1. The molecule has 1 aliphatic heterocycles. The van der Waals surface area contributed by atoms with Gasteiger partial charge in [-0.2, -0.15) is 0 Å². The number of rotatable bonds is 6. The van der Waals surface area contributed by atoms with Gasteiger partial charge in [-0.1, -0.05) is 85.9 Å². The first-order valence-electron chi connectivity index (χ1n) is 8.97. The molecule has 0 saturated carbocycles. The molecule has 0 spiro atoms. The third kappa shape index (κ3) is 4.99. The maximum Gasteiger partial charge on any atom is 0.266 e. The van der Waals surface area contributed by atoms with Gasteiger partial charge in [0.2, 0.25) is 0 Å². The fourth-order valence-corrected chi connectivity index (χ4v) is 4.01. The zero-order chi connectivity index (χ0) is 19.4. The molecule has 0 unspecified atom stereocenters. The maximum atomic E-state index is 12.7. The average Bonchev–Trinajstić information content (AvgIpc) is 2.89. The van der Waals surface area contributed by atoms with Crippen molar-refractivity contribution in [1.82, 2.24) is 4.90 Å². The molecule has 1 heterocycles. The number of para-hydroxylation sites is 1. The third-order valence-electron chi connectivity index (χ3n) is 4.14. The largest absolute Gasteiger partial charge is 0.488 e. The Balaban J connectivity index is 1.77. The highest BCUT2D eigenvalue weighted by Crippen LogP contribution is 2.34. The van der Waals surface area contributed by atoms with E-state index in [-0.39, 0.29) is 5.91 Å². The quantitative estimate of drug-likeness (QED) is 0.480. The zero-order valence-electron chi connectivity index (χ0n) is 15.8. The van der Waals surface area contributed by atoms with Crippen LogP contribution in [0.1, 0.15) is 30.5 Å². The summed E-state index contributed by atoms with van der Waals surface area (Å²) in [6, 6.07) is 16.0. The number of aryl methyl sites for hydroxylation is 1. The van der Waals surface area contributed by atoms with Crippen molar-refractivity contribution in [3.63, 3.8) is 0 Å². The highest BCUT2D eigenvalue weighted by molar-refractivity contribution is 8.26. The van der Waals surface area contributed by atoms with Crippen molar-refractivity contribution in [1.29, 1.82) is 0 Å². The van der Waals surface area contributed by atoms with E-state index in [1.165, 1.54) is 17.3 Å². The molecule has 2 aromatic carbocycles. The second-order valence-corrected chi connectivity index (χ2v) is 8.67. The number of hydrogen-bond donors (Lipinski definition) is 0. The SMILES string of the molecule is Cc1ccc(COc2ccccc2/C=C2\SC(=S)N(CC(C)C)C2=O)cc1. The van der Waals surface area contributed by atoms with E-state index in [2.05, 4.69) is 45.0 Å². The van der Waals surface area contributed by atoms with E-state index in [1.54, 1.807) is 4.90 Å². The lowest BCUT2D eigenvalue weighted by atomic mass is 10.1. The highest BCUT2D eigenvalue weighted by atomic mass is 32.2. The number of amides is 1. The molecule has 0 aromatic heterocycles. The van der Waals surface area contributed by atoms with Crippen LogP contribution < -0.4 is 4.74 Å². The second kappa shape index (κ2) is 8.72. The fourth-order valence-electron chi connectivity index (χ4n) is 2.74. The van der Waals surface area contributed by atoms with Gasteiger partial charge in [-0.15, -0.1) is 0 Å². The summed E-state index contributed by atoms with van der Waals surface area (Å²) in [7, 11) is 0. The Morgan fingerprint density at radius 2 is 1.85 bits per heavy atom. The molecule has 0 atom stereocenters. The van der Waals surface area contributed by atoms with Crippen LogP contribution in [0.15, 0.2) is 53.4 Å². The van der Waals surface area contributed by atoms with Gasteiger partial charge in [-0.25, -0.2) is 0 Å². The lowest BCUT2D eigenvalue weighted by molar-refractivity contribution is -0.122. The number of thiocarbonyl (C=S) groups is 1. The summed E-state index contributed by atoms with van der Waals surface area (Å²) in [5, 5.41) is 0.